The number of benzene rings is 2. The number of carbonyl (C=O) groups excluding carboxylic acids is 2. The maximum absolute atomic E-state index is 13.8. The van der Waals surface area contributed by atoms with Crippen molar-refractivity contribution in [3.8, 4) is 0 Å². The van der Waals surface area contributed by atoms with Crippen LogP contribution in [-0.4, -0.2) is 61.2 Å². The number of fused-ring (bicyclic) bond motifs is 1. The number of likely N-dealkylation sites (tertiary alicyclic amines) is 1. The summed E-state index contributed by atoms with van der Waals surface area (Å²) in [5, 5.41) is 2.79. The molecule has 0 saturated carbocycles. The van der Waals surface area contributed by atoms with Gasteiger partial charge in [0.1, 0.15) is 12.6 Å². The summed E-state index contributed by atoms with van der Waals surface area (Å²) in [6, 6.07) is 17.1. The first-order valence-corrected chi connectivity index (χ1v) is 11.3. The molecule has 0 bridgehead atoms. The van der Waals surface area contributed by atoms with Crippen molar-refractivity contribution in [3.05, 3.63) is 78.4 Å². The van der Waals surface area contributed by atoms with Gasteiger partial charge < -0.3 is 15.1 Å². The van der Waals surface area contributed by atoms with Crippen molar-refractivity contribution < 1.29 is 9.59 Å². The van der Waals surface area contributed by atoms with E-state index in [9.17, 15) is 9.59 Å². The zero-order valence-corrected chi connectivity index (χ0v) is 18.4. The second kappa shape index (κ2) is 10.4. The van der Waals surface area contributed by atoms with Crippen molar-refractivity contribution >= 4 is 23.2 Å². The molecule has 0 aromatic heterocycles. The molecular formula is C26H30N4O2. The highest BCUT2D eigenvalue weighted by Crippen LogP contribution is 2.29. The van der Waals surface area contributed by atoms with Crippen LogP contribution in [0, 0.1) is 0 Å². The lowest BCUT2D eigenvalue weighted by Crippen LogP contribution is -2.48. The van der Waals surface area contributed by atoms with E-state index < -0.39 is 6.04 Å². The van der Waals surface area contributed by atoms with Crippen LogP contribution in [-0.2, 0) is 9.59 Å². The van der Waals surface area contributed by atoms with Gasteiger partial charge in [-0.05, 0) is 32.0 Å². The van der Waals surface area contributed by atoms with E-state index in [-0.39, 0.29) is 18.4 Å². The van der Waals surface area contributed by atoms with Crippen LogP contribution in [0.2, 0.25) is 0 Å². The number of amides is 2. The van der Waals surface area contributed by atoms with E-state index in [4.69, 9.17) is 4.99 Å². The Morgan fingerprint density at radius 2 is 1.78 bits per heavy atom. The third-order valence-corrected chi connectivity index (χ3v) is 5.96. The van der Waals surface area contributed by atoms with Crippen molar-refractivity contribution in [1.82, 2.24) is 10.2 Å². The maximum Gasteiger partial charge on any atom is 0.253 e. The second-order valence-electron chi connectivity index (χ2n) is 8.26. The Kier molecular flexibility index (Phi) is 7.12. The number of piperidine rings is 1. The molecule has 0 unspecified atom stereocenters. The van der Waals surface area contributed by atoms with E-state index >= 15 is 0 Å². The van der Waals surface area contributed by atoms with E-state index in [1.165, 1.54) is 6.42 Å². The summed E-state index contributed by atoms with van der Waals surface area (Å²) < 4.78 is 0. The van der Waals surface area contributed by atoms with Crippen LogP contribution < -0.4 is 10.2 Å². The number of carbonyl (C=O) groups is 2. The molecule has 2 aromatic rings. The highest BCUT2D eigenvalue weighted by atomic mass is 16.2. The van der Waals surface area contributed by atoms with Gasteiger partial charge in [-0.3, -0.25) is 14.6 Å². The van der Waals surface area contributed by atoms with Gasteiger partial charge in [-0.2, -0.15) is 0 Å². The summed E-state index contributed by atoms with van der Waals surface area (Å²) in [6.45, 7) is 6.49. The van der Waals surface area contributed by atoms with Crippen molar-refractivity contribution in [2.45, 2.75) is 25.3 Å². The highest BCUT2D eigenvalue weighted by Gasteiger charge is 2.34. The molecule has 6 nitrogen and oxygen atoms in total. The van der Waals surface area contributed by atoms with Crippen LogP contribution in [0.5, 0.6) is 0 Å². The Hall–Kier alpha value is -3.25. The topological polar surface area (TPSA) is 65.0 Å². The first kappa shape index (κ1) is 22.0. The summed E-state index contributed by atoms with van der Waals surface area (Å²) in [7, 11) is 0. The van der Waals surface area contributed by atoms with Crippen LogP contribution in [0.3, 0.4) is 0 Å². The molecule has 4 rings (SSSR count). The van der Waals surface area contributed by atoms with Crippen LogP contribution in [0.4, 0.5) is 5.69 Å². The number of nitrogens with zero attached hydrogens (tertiary/aromatic N) is 3. The van der Waals surface area contributed by atoms with Crippen molar-refractivity contribution in [2.75, 3.05) is 37.6 Å². The molecule has 1 atom stereocenters. The standard InChI is InChI=1S/C26H30N4O2/c1-2-15-27-24(31)19-30-23-14-8-7-13-21(23)25(20-11-5-3-6-12-20)28-22(26(30)32)18-29-16-9-4-10-17-29/h2-3,5-8,11-14,22H,1,4,9-10,15-19H2,(H,27,31)/t22-/m1/s1. The minimum Gasteiger partial charge on any atom is -0.351 e. The van der Waals surface area contributed by atoms with Gasteiger partial charge in [0.2, 0.25) is 5.91 Å². The van der Waals surface area contributed by atoms with Crippen molar-refractivity contribution in [3.63, 3.8) is 0 Å². The van der Waals surface area contributed by atoms with Gasteiger partial charge in [0.05, 0.1) is 11.4 Å². The van der Waals surface area contributed by atoms with Gasteiger partial charge in [-0.15, -0.1) is 6.58 Å². The first-order chi connectivity index (χ1) is 15.7. The molecule has 166 valence electrons. The molecule has 32 heavy (non-hydrogen) atoms. The van der Waals surface area contributed by atoms with Gasteiger partial charge in [0.15, 0.2) is 0 Å². The summed E-state index contributed by atoms with van der Waals surface area (Å²) >= 11 is 0. The first-order valence-electron chi connectivity index (χ1n) is 11.3. The summed E-state index contributed by atoms with van der Waals surface area (Å²) in [4.78, 5) is 35.3. The average Bonchev–Trinajstić information content (AvgIpc) is 2.95. The number of aliphatic imine (C=N–C) groups is 1. The predicted octanol–water partition coefficient (Wildman–Crippen LogP) is 3.03. The molecule has 6 heteroatoms. The molecule has 0 radical (unpaired) electrons. The van der Waals surface area contributed by atoms with Gasteiger partial charge in [-0.1, -0.05) is 61.0 Å². The van der Waals surface area contributed by atoms with Crippen LogP contribution in [0.25, 0.3) is 0 Å². The Morgan fingerprint density at radius 3 is 2.53 bits per heavy atom. The number of benzodiazepines with no additional fused rings is 1. The van der Waals surface area contributed by atoms with Crippen LogP contribution in [0.1, 0.15) is 30.4 Å². The normalized spacial score (nSPS) is 19.0. The van der Waals surface area contributed by atoms with Crippen molar-refractivity contribution in [1.29, 1.82) is 0 Å². The fourth-order valence-electron chi connectivity index (χ4n) is 4.37. The third-order valence-electron chi connectivity index (χ3n) is 5.96. The van der Waals surface area contributed by atoms with Gasteiger partial charge in [-0.25, -0.2) is 0 Å². The van der Waals surface area contributed by atoms with E-state index in [0.717, 1.165) is 48.5 Å². The number of rotatable bonds is 7. The second-order valence-corrected chi connectivity index (χ2v) is 8.26. The van der Waals surface area contributed by atoms with E-state index in [0.29, 0.717) is 13.1 Å². The van der Waals surface area contributed by atoms with Crippen LogP contribution >= 0.6 is 0 Å². The molecule has 1 fully saturated rings. The zero-order chi connectivity index (χ0) is 22.3. The van der Waals surface area contributed by atoms with E-state index in [1.807, 2.05) is 54.6 Å². The minimum atomic E-state index is -0.567. The van der Waals surface area contributed by atoms with Crippen molar-refractivity contribution in [2.24, 2.45) is 4.99 Å². The van der Waals surface area contributed by atoms with E-state index in [1.54, 1.807) is 11.0 Å². The lowest BCUT2D eigenvalue weighted by molar-refractivity contribution is -0.124. The monoisotopic (exact) mass is 430 g/mol. The summed E-state index contributed by atoms with van der Waals surface area (Å²) in [5.74, 6) is -0.351. The Morgan fingerprint density at radius 1 is 1.06 bits per heavy atom. The quantitative estimate of drug-likeness (QED) is 0.687. The zero-order valence-electron chi connectivity index (χ0n) is 18.4. The molecule has 0 aliphatic carbocycles. The highest BCUT2D eigenvalue weighted by molar-refractivity contribution is 6.20. The molecule has 2 heterocycles. The third kappa shape index (κ3) is 4.97. The summed E-state index contributed by atoms with van der Waals surface area (Å²) in [5.41, 5.74) is 3.35. The Balaban J connectivity index is 1.75. The minimum absolute atomic E-state index is 0.0439. The van der Waals surface area contributed by atoms with Crippen LogP contribution in [0.15, 0.2) is 72.2 Å². The molecule has 1 saturated heterocycles. The van der Waals surface area contributed by atoms with E-state index in [2.05, 4.69) is 16.8 Å². The Labute approximate surface area is 189 Å². The fourth-order valence-corrected chi connectivity index (χ4v) is 4.37. The number of anilines is 1. The molecule has 0 spiro atoms. The summed E-state index contributed by atoms with van der Waals surface area (Å²) in [6.07, 6.45) is 5.15. The van der Waals surface area contributed by atoms with Gasteiger partial charge in [0.25, 0.3) is 5.91 Å². The molecule has 2 aliphatic rings. The largest absolute Gasteiger partial charge is 0.351 e. The van der Waals surface area contributed by atoms with Gasteiger partial charge >= 0.3 is 0 Å². The molecular weight excluding hydrogens is 400 g/mol. The lowest BCUT2D eigenvalue weighted by Gasteiger charge is -2.30. The molecule has 2 aromatic carbocycles. The SMILES string of the molecule is C=CCNC(=O)CN1C(=O)[C@@H](CN2CCCCC2)N=C(c2ccccc2)c2ccccc21. The number of para-hydroxylation sites is 1. The predicted molar refractivity (Wildman–Crippen MR) is 128 cm³/mol. The Bertz CT molecular complexity index is 996. The average molecular weight is 431 g/mol. The number of hydrogen-bond acceptors (Lipinski definition) is 4. The van der Waals surface area contributed by atoms with Gasteiger partial charge in [0, 0.05) is 24.2 Å². The molecule has 2 aliphatic heterocycles. The fraction of sp³-hybridized carbons (Fsp3) is 0.346. The smallest absolute Gasteiger partial charge is 0.253 e. The molecule has 2 amide bonds. The maximum atomic E-state index is 13.8. The lowest BCUT2D eigenvalue weighted by atomic mass is 10.0. The molecule has 1 N–H and O–H groups in total. The number of nitrogens with one attached hydrogen (secondary N) is 1. The number of hydrogen-bond donors (Lipinski definition) is 1.